The Balaban J connectivity index is 1.35. The molecule has 1 aliphatic rings. The Bertz CT molecular complexity index is 1960. The fraction of sp³-hybridized carbons (Fsp3) is 0.323. The number of benzene rings is 4. The Labute approximate surface area is 221 Å². The summed E-state index contributed by atoms with van der Waals surface area (Å²) in [5, 5.41) is 1.12. The molecule has 2 atom stereocenters. The maximum atomic E-state index is 13.7. The van der Waals surface area contributed by atoms with E-state index in [1.54, 1.807) is 42.5 Å². The lowest BCUT2D eigenvalue weighted by Gasteiger charge is -2.09. The van der Waals surface area contributed by atoms with Gasteiger partial charge in [0.1, 0.15) is 5.78 Å². The zero-order valence-electron chi connectivity index (χ0n) is 20.9. The van der Waals surface area contributed by atoms with Crippen LogP contribution in [0.5, 0.6) is 0 Å². The van der Waals surface area contributed by atoms with Crippen LogP contribution < -0.4 is 27.4 Å². The third kappa shape index (κ3) is 4.01. The first-order valence-electron chi connectivity index (χ1n) is 13.2. The van der Waals surface area contributed by atoms with Crippen LogP contribution in [0.2, 0.25) is 0 Å². The number of nitrogens with two attached hydrogens (primary N) is 1. The van der Waals surface area contributed by atoms with Gasteiger partial charge in [0.25, 0.3) is 0 Å². The molecular formula is C31H27NO5S. The first-order chi connectivity index (χ1) is 18.4. The molecule has 0 amide bonds. The second kappa shape index (κ2) is 9.64. The van der Waals surface area contributed by atoms with Crippen molar-refractivity contribution < 1.29 is 4.79 Å². The smallest absolute Gasteiger partial charge is 0.204 e. The first-order valence-corrected chi connectivity index (χ1v) is 14.0. The quantitative estimate of drug-likeness (QED) is 0.339. The molecule has 5 aromatic rings. The number of fused-ring (bicyclic) bond motifs is 5. The summed E-state index contributed by atoms with van der Waals surface area (Å²) in [4.78, 5) is 66.1. The lowest BCUT2D eigenvalue weighted by molar-refractivity contribution is -0.119. The van der Waals surface area contributed by atoms with Crippen molar-refractivity contribution in [3.63, 3.8) is 0 Å². The van der Waals surface area contributed by atoms with E-state index in [0.717, 1.165) is 49.1 Å². The number of thiophene rings is 1. The average molecular weight is 526 g/mol. The van der Waals surface area contributed by atoms with Crippen LogP contribution in [0.15, 0.2) is 61.6 Å². The van der Waals surface area contributed by atoms with Crippen molar-refractivity contribution in [2.45, 2.75) is 44.9 Å². The number of hydrogen-bond acceptors (Lipinski definition) is 7. The van der Waals surface area contributed by atoms with Gasteiger partial charge in [-0.2, -0.15) is 0 Å². The molecule has 1 fully saturated rings. The van der Waals surface area contributed by atoms with Crippen LogP contribution in [0.1, 0.15) is 44.1 Å². The van der Waals surface area contributed by atoms with E-state index in [4.69, 9.17) is 5.73 Å². The second-order valence-electron chi connectivity index (χ2n) is 10.6. The van der Waals surface area contributed by atoms with E-state index in [2.05, 4.69) is 0 Å². The highest BCUT2D eigenvalue weighted by molar-refractivity contribution is 7.25. The van der Waals surface area contributed by atoms with E-state index in [9.17, 15) is 24.0 Å². The predicted octanol–water partition coefficient (Wildman–Crippen LogP) is 4.33. The third-order valence-electron chi connectivity index (χ3n) is 8.27. The van der Waals surface area contributed by atoms with Crippen molar-refractivity contribution >= 4 is 58.8 Å². The molecule has 0 saturated heterocycles. The Kier molecular flexibility index (Phi) is 6.28. The largest absolute Gasteiger partial charge is 0.330 e. The van der Waals surface area contributed by atoms with E-state index in [1.807, 2.05) is 0 Å². The number of rotatable bonds is 7. The topological polar surface area (TPSA) is 111 Å². The van der Waals surface area contributed by atoms with Gasteiger partial charge in [-0.15, -0.1) is 11.3 Å². The maximum absolute atomic E-state index is 13.7. The van der Waals surface area contributed by atoms with Crippen molar-refractivity contribution in [3.8, 4) is 0 Å². The molecule has 38 heavy (non-hydrogen) atoms. The molecule has 1 aliphatic carbocycles. The molecule has 0 radical (unpaired) electrons. The highest BCUT2D eigenvalue weighted by Crippen LogP contribution is 2.33. The van der Waals surface area contributed by atoms with Gasteiger partial charge in [-0.3, -0.25) is 24.0 Å². The zero-order chi connectivity index (χ0) is 26.6. The van der Waals surface area contributed by atoms with Crippen molar-refractivity contribution in [2.24, 2.45) is 17.6 Å². The van der Waals surface area contributed by atoms with E-state index >= 15 is 0 Å². The Morgan fingerprint density at radius 2 is 1.37 bits per heavy atom. The maximum Gasteiger partial charge on any atom is 0.204 e. The first kappa shape index (κ1) is 24.8. The van der Waals surface area contributed by atoms with Crippen molar-refractivity contribution in [3.05, 3.63) is 88.9 Å². The highest BCUT2D eigenvalue weighted by Gasteiger charge is 2.24. The number of carbonyl (C=O) groups is 1. The van der Waals surface area contributed by atoms with E-state index in [0.29, 0.717) is 36.5 Å². The molecular weight excluding hydrogens is 498 g/mol. The summed E-state index contributed by atoms with van der Waals surface area (Å²) in [5.41, 5.74) is 5.05. The summed E-state index contributed by atoms with van der Waals surface area (Å²) in [6, 6.07) is 11.6. The minimum atomic E-state index is -0.420. The summed E-state index contributed by atoms with van der Waals surface area (Å²) in [5.74, 6) is 1.36. The Morgan fingerprint density at radius 3 is 2.03 bits per heavy atom. The zero-order valence-corrected chi connectivity index (χ0v) is 21.7. The lowest BCUT2D eigenvalue weighted by Crippen LogP contribution is -2.15. The lowest BCUT2D eigenvalue weighted by atomic mass is 9.95. The van der Waals surface area contributed by atoms with Gasteiger partial charge in [-0.1, -0.05) is 36.8 Å². The molecule has 0 spiro atoms. The monoisotopic (exact) mass is 525 g/mol. The molecule has 0 aliphatic heterocycles. The minimum Gasteiger partial charge on any atom is -0.330 e. The second-order valence-corrected chi connectivity index (χ2v) is 11.6. The molecule has 1 aromatic heterocycles. The van der Waals surface area contributed by atoms with Crippen molar-refractivity contribution in [1.82, 2.24) is 0 Å². The van der Waals surface area contributed by atoms with Crippen LogP contribution in [-0.4, -0.2) is 12.3 Å². The van der Waals surface area contributed by atoms with Crippen molar-refractivity contribution in [1.29, 1.82) is 0 Å². The van der Waals surface area contributed by atoms with E-state index < -0.39 is 10.9 Å². The number of hydrogen-bond donors (Lipinski definition) is 1. The normalized spacial score (nSPS) is 17.8. The fourth-order valence-electron chi connectivity index (χ4n) is 6.14. The third-order valence-corrected chi connectivity index (χ3v) is 9.46. The highest BCUT2D eigenvalue weighted by atomic mass is 32.1. The van der Waals surface area contributed by atoms with Crippen molar-refractivity contribution in [2.75, 3.05) is 6.54 Å². The van der Waals surface area contributed by atoms with Gasteiger partial charge < -0.3 is 5.73 Å². The Morgan fingerprint density at radius 1 is 0.763 bits per heavy atom. The van der Waals surface area contributed by atoms with E-state index in [-0.39, 0.29) is 53.0 Å². The molecule has 2 N–H and O–H groups in total. The van der Waals surface area contributed by atoms with Crippen LogP contribution in [0, 0.1) is 11.8 Å². The predicted molar refractivity (Wildman–Crippen MR) is 154 cm³/mol. The summed E-state index contributed by atoms with van der Waals surface area (Å²) in [6.45, 7) is 0.720. The van der Waals surface area contributed by atoms with Crippen LogP contribution in [-0.2, 0) is 11.2 Å². The van der Waals surface area contributed by atoms with E-state index in [1.165, 1.54) is 0 Å². The summed E-state index contributed by atoms with van der Waals surface area (Å²) in [7, 11) is 0. The molecule has 1 heterocycles. The molecule has 6 rings (SSSR count). The number of carbonyl (C=O) groups excluding carboxylic acids is 1. The molecule has 4 aromatic carbocycles. The van der Waals surface area contributed by atoms with Crippen LogP contribution in [0.4, 0.5) is 0 Å². The van der Waals surface area contributed by atoms with Gasteiger partial charge in [-0.25, -0.2) is 0 Å². The van der Waals surface area contributed by atoms with Gasteiger partial charge in [-0.05, 0) is 61.8 Å². The van der Waals surface area contributed by atoms with Crippen LogP contribution in [0.3, 0.4) is 0 Å². The van der Waals surface area contributed by atoms with Gasteiger partial charge in [0.15, 0.2) is 10.9 Å². The minimum absolute atomic E-state index is 0.0379. The number of Topliss-reactive ketones (excluding diaryl/α,β-unsaturated/α-hetero) is 1. The average Bonchev–Trinajstić information content (AvgIpc) is 3.58. The van der Waals surface area contributed by atoms with Crippen LogP contribution in [0.25, 0.3) is 41.7 Å². The standard InChI is InChI=1S/C31H27NO5S/c32-15-18-6-5-16(13-18)7-10-19(33)11-8-17-9-12-22-23(14-17)27(35)25-24-26(34)20-3-1-2-4-21(20)28(36)30(24)38-31(25)29(22)37/h1-4,9,12,14,16,18H,5-8,10-11,13,15,32H2. The molecule has 1 saturated carbocycles. The Hall–Kier alpha value is -3.55. The SMILES string of the molecule is NCC1CCC(CCC(=O)CCc2ccc3c(=O)c4sc5c(=O)c6ccccc6c(=O)c5c4c(=O)c3c2)C1. The van der Waals surface area contributed by atoms with Gasteiger partial charge in [0, 0.05) is 34.4 Å². The summed E-state index contributed by atoms with van der Waals surface area (Å²) >= 11 is 0.932. The van der Waals surface area contributed by atoms with Gasteiger partial charge in [0.05, 0.1) is 20.2 Å². The number of aryl methyl sites for hydroxylation is 1. The van der Waals surface area contributed by atoms with Gasteiger partial charge >= 0.3 is 0 Å². The molecule has 7 heteroatoms. The molecule has 192 valence electrons. The summed E-state index contributed by atoms with van der Waals surface area (Å²) < 4.78 is 0.299. The number of ketones is 1. The molecule has 0 bridgehead atoms. The van der Waals surface area contributed by atoms with Gasteiger partial charge in [0.2, 0.25) is 10.9 Å². The fourth-order valence-corrected chi connectivity index (χ4v) is 7.34. The molecule has 2 unspecified atom stereocenters. The summed E-state index contributed by atoms with van der Waals surface area (Å²) in [6.07, 6.45) is 5.70. The molecule has 6 nitrogen and oxygen atoms in total. The van der Waals surface area contributed by atoms with Crippen LogP contribution >= 0.6 is 11.3 Å².